The minimum atomic E-state index is -3.15. The molecule has 0 spiro atoms. The van der Waals surface area contributed by atoms with Crippen molar-refractivity contribution in [3.63, 3.8) is 0 Å². The molecule has 1 atom stereocenters. The maximum Gasteiger partial charge on any atom is 0.319 e. The van der Waals surface area contributed by atoms with Crippen molar-refractivity contribution in [2.24, 2.45) is 0 Å². The molecule has 0 aliphatic carbocycles. The van der Waals surface area contributed by atoms with Crippen LogP contribution in [0.1, 0.15) is 0 Å². The summed E-state index contributed by atoms with van der Waals surface area (Å²) in [5, 5.41) is 6.32. The van der Waals surface area contributed by atoms with Crippen molar-refractivity contribution in [1.82, 2.24) is 5.32 Å². The van der Waals surface area contributed by atoms with Gasteiger partial charge in [-0.25, -0.2) is 13.2 Å². The molecule has 1 aliphatic heterocycles. The second-order valence-electron chi connectivity index (χ2n) is 3.87. The first-order valence-corrected chi connectivity index (χ1v) is 7.69. The van der Waals surface area contributed by atoms with Crippen LogP contribution in [0.4, 0.5) is 10.5 Å². The van der Waals surface area contributed by atoms with Gasteiger partial charge in [0, 0.05) is 15.6 Å². The van der Waals surface area contributed by atoms with E-state index in [4.69, 9.17) is 0 Å². The molecule has 0 saturated carbocycles. The van der Waals surface area contributed by atoms with Crippen LogP contribution in [-0.4, -0.2) is 26.2 Å². The zero-order chi connectivity index (χ0) is 13.2. The van der Waals surface area contributed by atoms with Crippen molar-refractivity contribution < 1.29 is 13.2 Å². The Morgan fingerprint density at radius 3 is 2.78 bits per heavy atom. The highest BCUT2D eigenvalue weighted by Crippen LogP contribution is 2.15. The number of carbonyl (C=O) groups excluding carboxylic acids is 1. The van der Waals surface area contributed by atoms with Crippen LogP contribution >= 0.6 is 15.9 Å². The lowest BCUT2D eigenvalue weighted by Crippen LogP contribution is -2.38. The standard InChI is InChI=1S/C11H11BrN2O3S/c12-8-2-1-3-9(6-8)13-11(15)14-10-4-5-18(16,17)7-10/h1-6,10H,7H2,(H2,13,14,15). The zero-order valence-corrected chi connectivity index (χ0v) is 11.7. The van der Waals surface area contributed by atoms with Gasteiger partial charge in [-0.2, -0.15) is 0 Å². The molecule has 1 aromatic carbocycles. The molecule has 2 N–H and O–H groups in total. The Bertz CT molecular complexity index is 598. The van der Waals surface area contributed by atoms with E-state index in [-0.39, 0.29) is 5.75 Å². The van der Waals surface area contributed by atoms with Crippen LogP contribution < -0.4 is 10.6 Å². The number of anilines is 1. The highest BCUT2D eigenvalue weighted by molar-refractivity contribution is 9.10. The highest BCUT2D eigenvalue weighted by atomic mass is 79.9. The largest absolute Gasteiger partial charge is 0.331 e. The van der Waals surface area contributed by atoms with E-state index >= 15 is 0 Å². The molecule has 18 heavy (non-hydrogen) atoms. The average Bonchev–Trinajstić information content (AvgIpc) is 2.57. The van der Waals surface area contributed by atoms with Gasteiger partial charge in [0.2, 0.25) is 0 Å². The van der Waals surface area contributed by atoms with Crippen molar-refractivity contribution in [2.45, 2.75) is 6.04 Å². The summed E-state index contributed by atoms with van der Waals surface area (Å²) in [7, 11) is -3.15. The van der Waals surface area contributed by atoms with Gasteiger partial charge in [-0.3, -0.25) is 0 Å². The van der Waals surface area contributed by atoms with Crippen LogP contribution in [0.15, 0.2) is 40.2 Å². The van der Waals surface area contributed by atoms with Gasteiger partial charge >= 0.3 is 6.03 Å². The fraction of sp³-hybridized carbons (Fsp3) is 0.182. The van der Waals surface area contributed by atoms with Gasteiger partial charge in [0.1, 0.15) is 0 Å². The lowest BCUT2D eigenvalue weighted by atomic mass is 10.3. The predicted molar refractivity (Wildman–Crippen MR) is 73.0 cm³/mol. The number of rotatable bonds is 2. The first-order valence-electron chi connectivity index (χ1n) is 5.19. The Hall–Kier alpha value is -1.34. The maximum atomic E-state index is 11.6. The van der Waals surface area contributed by atoms with Crippen molar-refractivity contribution in [3.05, 3.63) is 40.2 Å². The Labute approximate surface area is 113 Å². The number of carbonyl (C=O) groups is 1. The van der Waals surface area contributed by atoms with Crippen LogP contribution in [0.2, 0.25) is 0 Å². The Morgan fingerprint density at radius 1 is 1.39 bits per heavy atom. The van der Waals surface area contributed by atoms with E-state index in [1.54, 1.807) is 18.2 Å². The summed E-state index contributed by atoms with van der Waals surface area (Å²) < 4.78 is 23.2. The van der Waals surface area contributed by atoms with Crippen LogP contribution in [-0.2, 0) is 9.84 Å². The maximum absolute atomic E-state index is 11.6. The van der Waals surface area contributed by atoms with Crippen molar-refractivity contribution in [2.75, 3.05) is 11.1 Å². The molecular formula is C11H11BrN2O3S. The third-order valence-corrected chi connectivity index (χ3v) is 4.22. The summed E-state index contributed by atoms with van der Waals surface area (Å²) in [5.74, 6) is -0.0844. The van der Waals surface area contributed by atoms with E-state index in [0.29, 0.717) is 5.69 Å². The van der Waals surface area contributed by atoms with Crippen molar-refractivity contribution >= 4 is 37.5 Å². The van der Waals surface area contributed by atoms with E-state index < -0.39 is 21.9 Å². The quantitative estimate of drug-likeness (QED) is 0.869. The SMILES string of the molecule is O=C(Nc1cccc(Br)c1)NC1C=CS(=O)(=O)C1. The molecule has 96 valence electrons. The van der Waals surface area contributed by atoms with Gasteiger partial charge in [-0.15, -0.1) is 0 Å². The van der Waals surface area contributed by atoms with Crippen LogP contribution in [0, 0.1) is 0 Å². The van der Waals surface area contributed by atoms with Crippen LogP contribution in [0.5, 0.6) is 0 Å². The molecule has 2 amide bonds. The van der Waals surface area contributed by atoms with Gasteiger partial charge < -0.3 is 10.6 Å². The van der Waals surface area contributed by atoms with Gasteiger partial charge in [0.25, 0.3) is 0 Å². The van der Waals surface area contributed by atoms with E-state index in [9.17, 15) is 13.2 Å². The fourth-order valence-electron chi connectivity index (χ4n) is 1.57. The molecule has 1 heterocycles. The van der Waals surface area contributed by atoms with E-state index in [1.807, 2.05) is 6.07 Å². The number of sulfone groups is 1. The third-order valence-electron chi connectivity index (χ3n) is 2.33. The normalized spacial score (nSPS) is 20.6. The minimum Gasteiger partial charge on any atom is -0.331 e. The average molecular weight is 331 g/mol. The first-order chi connectivity index (χ1) is 8.44. The predicted octanol–water partition coefficient (Wildman–Crippen LogP) is 1.88. The summed E-state index contributed by atoms with van der Waals surface area (Å²) in [4.78, 5) is 11.6. The molecule has 0 aromatic heterocycles. The summed E-state index contributed by atoms with van der Waals surface area (Å²) in [5.41, 5.74) is 0.631. The van der Waals surface area contributed by atoms with Gasteiger partial charge in [0.15, 0.2) is 9.84 Å². The number of urea groups is 1. The van der Waals surface area contributed by atoms with Gasteiger partial charge in [-0.05, 0) is 24.3 Å². The number of nitrogens with one attached hydrogen (secondary N) is 2. The van der Waals surface area contributed by atoms with Gasteiger partial charge in [0.05, 0.1) is 11.8 Å². The molecular weight excluding hydrogens is 320 g/mol. The highest BCUT2D eigenvalue weighted by Gasteiger charge is 2.22. The smallest absolute Gasteiger partial charge is 0.319 e. The number of halogens is 1. The number of amides is 2. The fourth-order valence-corrected chi connectivity index (χ4v) is 3.20. The molecule has 1 unspecified atom stereocenters. The summed E-state index contributed by atoms with van der Waals surface area (Å²) in [6.45, 7) is 0. The van der Waals surface area contributed by atoms with E-state index in [0.717, 1.165) is 9.88 Å². The monoisotopic (exact) mass is 330 g/mol. The topological polar surface area (TPSA) is 75.3 Å². The molecule has 0 bridgehead atoms. The first kappa shape index (κ1) is 13.1. The summed E-state index contributed by atoms with van der Waals surface area (Å²) in [6, 6.07) is 6.23. The van der Waals surface area contributed by atoms with Crippen LogP contribution in [0.25, 0.3) is 0 Å². The second-order valence-corrected chi connectivity index (χ2v) is 6.72. The lowest BCUT2D eigenvalue weighted by Gasteiger charge is -2.11. The Morgan fingerprint density at radius 2 is 2.17 bits per heavy atom. The third kappa shape index (κ3) is 3.58. The molecule has 1 aromatic rings. The molecule has 0 radical (unpaired) electrons. The minimum absolute atomic E-state index is 0.0844. The number of hydrogen-bond donors (Lipinski definition) is 2. The lowest BCUT2D eigenvalue weighted by molar-refractivity contribution is 0.251. The van der Waals surface area contributed by atoms with Crippen LogP contribution in [0.3, 0.4) is 0 Å². The summed E-state index contributed by atoms with van der Waals surface area (Å²) in [6.07, 6.45) is 1.47. The molecule has 5 nitrogen and oxygen atoms in total. The van der Waals surface area contributed by atoms with E-state index in [2.05, 4.69) is 26.6 Å². The zero-order valence-electron chi connectivity index (χ0n) is 9.26. The molecule has 0 saturated heterocycles. The van der Waals surface area contributed by atoms with Crippen molar-refractivity contribution in [3.8, 4) is 0 Å². The van der Waals surface area contributed by atoms with E-state index in [1.165, 1.54) is 6.08 Å². The Balaban J connectivity index is 1.92. The number of benzene rings is 1. The molecule has 1 aliphatic rings. The molecule has 7 heteroatoms. The number of hydrogen-bond acceptors (Lipinski definition) is 3. The van der Waals surface area contributed by atoms with Gasteiger partial charge in [-0.1, -0.05) is 22.0 Å². The Kier molecular flexibility index (Phi) is 3.72. The van der Waals surface area contributed by atoms with Crippen molar-refractivity contribution in [1.29, 1.82) is 0 Å². The molecule has 0 fully saturated rings. The summed E-state index contributed by atoms with van der Waals surface area (Å²) >= 11 is 3.29. The second kappa shape index (κ2) is 5.11. The molecule has 2 rings (SSSR count).